The standard InChI is InChI=1S/C7H8FN3O4S/c8-5-1-6(3-10-2-5)16(13,14)11-15-4-7(9)12/h1-3,11H,4H2,(H2,9,12). The summed E-state index contributed by atoms with van der Waals surface area (Å²) >= 11 is 0. The van der Waals surface area contributed by atoms with Gasteiger partial charge in [-0.3, -0.25) is 14.6 Å². The summed E-state index contributed by atoms with van der Waals surface area (Å²) in [4.78, 5) is 19.1. The van der Waals surface area contributed by atoms with Crippen molar-refractivity contribution in [1.82, 2.24) is 9.87 Å². The number of hydrogen-bond donors (Lipinski definition) is 2. The van der Waals surface area contributed by atoms with Gasteiger partial charge in [0, 0.05) is 6.20 Å². The van der Waals surface area contributed by atoms with Crippen LogP contribution in [0.2, 0.25) is 0 Å². The van der Waals surface area contributed by atoms with Gasteiger partial charge in [0.1, 0.15) is 17.3 Å². The molecule has 1 rings (SSSR count). The van der Waals surface area contributed by atoms with Crippen LogP contribution in [0.5, 0.6) is 0 Å². The second kappa shape index (κ2) is 4.96. The van der Waals surface area contributed by atoms with Crippen LogP contribution < -0.4 is 10.6 Å². The van der Waals surface area contributed by atoms with Crippen LogP contribution in [-0.2, 0) is 19.7 Å². The minimum absolute atomic E-state index is 0.419. The van der Waals surface area contributed by atoms with E-state index in [4.69, 9.17) is 5.73 Å². The van der Waals surface area contributed by atoms with E-state index < -0.39 is 33.3 Å². The number of sulfonamides is 1. The first-order valence-corrected chi connectivity index (χ1v) is 5.42. The average molecular weight is 249 g/mol. The molecule has 1 amide bonds. The van der Waals surface area contributed by atoms with Crippen LogP contribution in [-0.4, -0.2) is 25.9 Å². The molecule has 7 nitrogen and oxygen atoms in total. The minimum Gasteiger partial charge on any atom is -0.368 e. The second-order valence-electron chi connectivity index (χ2n) is 2.68. The van der Waals surface area contributed by atoms with Crippen molar-refractivity contribution in [3.63, 3.8) is 0 Å². The van der Waals surface area contributed by atoms with Crippen molar-refractivity contribution < 1.29 is 22.4 Å². The zero-order valence-corrected chi connectivity index (χ0v) is 8.70. The van der Waals surface area contributed by atoms with Gasteiger partial charge in [0.25, 0.3) is 10.0 Å². The number of primary amides is 1. The molecule has 88 valence electrons. The van der Waals surface area contributed by atoms with Crippen LogP contribution in [0.25, 0.3) is 0 Å². The van der Waals surface area contributed by atoms with Gasteiger partial charge >= 0.3 is 0 Å². The van der Waals surface area contributed by atoms with Crippen molar-refractivity contribution in [3.05, 3.63) is 24.3 Å². The molecule has 0 aromatic carbocycles. The van der Waals surface area contributed by atoms with Crippen molar-refractivity contribution in [2.75, 3.05) is 6.61 Å². The normalized spacial score (nSPS) is 11.3. The third-order valence-electron chi connectivity index (χ3n) is 1.37. The highest BCUT2D eigenvalue weighted by molar-refractivity contribution is 7.89. The quantitative estimate of drug-likeness (QED) is 0.644. The molecule has 0 bridgehead atoms. The lowest BCUT2D eigenvalue weighted by Gasteiger charge is -2.05. The Morgan fingerprint density at radius 1 is 1.56 bits per heavy atom. The summed E-state index contributed by atoms with van der Waals surface area (Å²) in [5.41, 5.74) is 4.71. The predicted molar refractivity (Wildman–Crippen MR) is 49.7 cm³/mol. The number of nitrogens with one attached hydrogen (secondary N) is 1. The highest BCUT2D eigenvalue weighted by atomic mass is 32.2. The molecule has 0 saturated heterocycles. The molecular formula is C7H8FN3O4S. The van der Waals surface area contributed by atoms with Gasteiger partial charge in [-0.05, 0) is 6.07 Å². The first-order chi connectivity index (χ1) is 7.42. The van der Waals surface area contributed by atoms with Gasteiger partial charge < -0.3 is 5.73 Å². The molecule has 0 saturated carbocycles. The van der Waals surface area contributed by atoms with E-state index in [9.17, 15) is 17.6 Å². The Balaban J connectivity index is 2.74. The van der Waals surface area contributed by atoms with E-state index in [2.05, 4.69) is 9.82 Å². The maximum atomic E-state index is 12.7. The lowest BCUT2D eigenvalue weighted by Crippen LogP contribution is -2.29. The monoisotopic (exact) mass is 249 g/mol. The number of rotatable bonds is 5. The van der Waals surface area contributed by atoms with Crippen molar-refractivity contribution >= 4 is 15.9 Å². The summed E-state index contributed by atoms with van der Waals surface area (Å²) < 4.78 is 35.4. The van der Waals surface area contributed by atoms with Crippen molar-refractivity contribution in [2.45, 2.75) is 4.90 Å². The largest absolute Gasteiger partial charge is 0.368 e. The molecule has 0 radical (unpaired) electrons. The lowest BCUT2D eigenvalue weighted by atomic mass is 10.5. The van der Waals surface area contributed by atoms with E-state index in [1.165, 1.54) is 0 Å². The Morgan fingerprint density at radius 3 is 2.81 bits per heavy atom. The molecular weight excluding hydrogens is 241 g/mol. The van der Waals surface area contributed by atoms with Crippen LogP contribution in [0.3, 0.4) is 0 Å². The van der Waals surface area contributed by atoms with Gasteiger partial charge in [0.15, 0.2) is 0 Å². The Hall–Kier alpha value is -1.58. The Bertz CT molecular complexity index is 490. The van der Waals surface area contributed by atoms with E-state index in [0.29, 0.717) is 0 Å². The van der Waals surface area contributed by atoms with E-state index >= 15 is 0 Å². The number of aromatic nitrogens is 1. The maximum absolute atomic E-state index is 12.7. The molecule has 0 aliphatic rings. The average Bonchev–Trinajstić information content (AvgIpc) is 2.16. The van der Waals surface area contributed by atoms with E-state index in [0.717, 1.165) is 18.5 Å². The Labute approximate surface area is 90.4 Å². The van der Waals surface area contributed by atoms with Crippen molar-refractivity contribution in [3.8, 4) is 0 Å². The number of hydrogen-bond acceptors (Lipinski definition) is 5. The van der Waals surface area contributed by atoms with Gasteiger partial charge in [0.2, 0.25) is 5.91 Å². The molecule has 0 spiro atoms. The first kappa shape index (κ1) is 12.5. The van der Waals surface area contributed by atoms with Crippen LogP contribution in [0, 0.1) is 5.82 Å². The highest BCUT2D eigenvalue weighted by Crippen LogP contribution is 2.07. The Kier molecular flexibility index (Phi) is 3.88. The maximum Gasteiger partial charge on any atom is 0.264 e. The van der Waals surface area contributed by atoms with Crippen LogP contribution in [0.1, 0.15) is 0 Å². The smallest absolute Gasteiger partial charge is 0.264 e. The summed E-state index contributed by atoms with van der Waals surface area (Å²) in [6.45, 7) is -0.623. The topological polar surface area (TPSA) is 111 Å². The summed E-state index contributed by atoms with van der Waals surface area (Å²) in [5, 5.41) is 0. The van der Waals surface area contributed by atoms with Crippen LogP contribution in [0.15, 0.2) is 23.4 Å². The molecule has 3 N–H and O–H groups in total. The third-order valence-corrected chi connectivity index (χ3v) is 2.55. The van der Waals surface area contributed by atoms with Gasteiger partial charge in [-0.15, -0.1) is 0 Å². The molecule has 0 unspecified atom stereocenters. The molecule has 0 aliphatic heterocycles. The van der Waals surface area contributed by atoms with Crippen LogP contribution >= 0.6 is 0 Å². The fourth-order valence-electron chi connectivity index (χ4n) is 0.766. The fourth-order valence-corrected chi connectivity index (χ4v) is 1.54. The molecule has 0 atom stereocenters. The van der Waals surface area contributed by atoms with E-state index in [1.807, 2.05) is 0 Å². The summed E-state index contributed by atoms with van der Waals surface area (Å²) in [7, 11) is -4.06. The zero-order valence-electron chi connectivity index (χ0n) is 7.88. The molecule has 0 aliphatic carbocycles. The van der Waals surface area contributed by atoms with Gasteiger partial charge in [0.05, 0.1) is 6.20 Å². The molecule has 0 fully saturated rings. The van der Waals surface area contributed by atoms with Gasteiger partial charge in [-0.1, -0.05) is 4.89 Å². The minimum atomic E-state index is -4.06. The van der Waals surface area contributed by atoms with E-state index in [1.54, 1.807) is 4.89 Å². The first-order valence-electron chi connectivity index (χ1n) is 3.94. The van der Waals surface area contributed by atoms with Gasteiger partial charge in [-0.25, -0.2) is 12.8 Å². The molecule has 9 heteroatoms. The highest BCUT2D eigenvalue weighted by Gasteiger charge is 2.15. The van der Waals surface area contributed by atoms with Crippen LogP contribution in [0.4, 0.5) is 4.39 Å². The Morgan fingerprint density at radius 2 is 2.25 bits per heavy atom. The second-order valence-corrected chi connectivity index (χ2v) is 4.33. The fraction of sp³-hybridized carbons (Fsp3) is 0.143. The van der Waals surface area contributed by atoms with Crippen molar-refractivity contribution in [2.24, 2.45) is 5.73 Å². The zero-order chi connectivity index (χ0) is 12.2. The van der Waals surface area contributed by atoms with Gasteiger partial charge in [-0.2, -0.15) is 0 Å². The number of carbonyl (C=O) groups is 1. The summed E-state index contributed by atoms with van der Waals surface area (Å²) in [6.07, 6.45) is 1.78. The van der Waals surface area contributed by atoms with Crippen molar-refractivity contribution in [1.29, 1.82) is 0 Å². The molecule has 1 aromatic rings. The summed E-state index contributed by atoms with van der Waals surface area (Å²) in [5.74, 6) is -1.65. The predicted octanol–water partition coefficient (Wildman–Crippen LogP) is -1.08. The summed E-state index contributed by atoms with van der Waals surface area (Å²) in [6, 6.07) is 0.753. The number of amides is 1. The SMILES string of the molecule is NC(=O)CONS(=O)(=O)c1cncc(F)c1. The number of nitrogens with zero attached hydrogens (tertiary/aromatic N) is 1. The number of carbonyl (C=O) groups excluding carboxylic acids is 1. The molecule has 1 heterocycles. The number of halogens is 1. The lowest BCUT2D eigenvalue weighted by molar-refractivity contribution is -0.123. The third kappa shape index (κ3) is 3.53. The van der Waals surface area contributed by atoms with E-state index in [-0.39, 0.29) is 0 Å². The number of nitrogens with two attached hydrogens (primary N) is 1. The molecule has 1 aromatic heterocycles. The molecule has 16 heavy (non-hydrogen) atoms. The number of pyridine rings is 1.